The first-order valence-corrected chi connectivity index (χ1v) is 8.70. The van der Waals surface area contributed by atoms with Crippen molar-refractivity contribution in [2.24, 2.45) is 0 Å². The lowest BCUT2D eigenvalue weighted by molar-refractivity contribution is 0.479. The number of allylic oxidation sites excluding steroid dienone is 1. The standard InChI is InChI=1S/C21H27NO/c1-3-5-7-8-9-18-10-15-21(22-17-18)19-11-13-20(14-12-19)23-16-6-4-2/h6,10-17H,3-5,7-9H2,1-2H3. The molecule has 0 unspecified atom stereocenters. The zero-order valence-corrected chi connectivity index (χ0v) is 14.3. The van der Waals surface area contributed by atoms with E-state index in [2.05, 4.69) is 43.1 Å². The number of hydrogen-bond acceptors (Lipinski definition) is 2. The van der Waals surface area contributed by atoms with Crippen molar-refractivity contribution >= 4 is 0 Å². The summed E-state index contributed by atoms with van der Waals surface area (Å²) >= 11 is 0. The van der Waals surface area contributed by atoms with Crippen LogP contribution in [0.1, 0.15) is 51.5 Å². The molecule has 0 saturated carbocycles. The minimum atomic E-state index is 0.853. The van der Waals surface area contributed by atoms with E-state index < -0.39 is 0 Å². The zero-order chi connectivity index (χ0) is 16.3. The molecule has 0 saturated heterocycles. The molecule has 0 N–H and O–H groups in total. The first-order chi connectivity index (χ1) is 11.3. The van der Waals surface area contributed by atoms with Crippen LogP contribution in [-0.4, -0.2) is 4.98 Å². The Morgan fingerprint density at radius 1 is 0.957 bits per heavy atom. The summed E-state index contributed by atoms with van der Waals surface area (Å²) in [6, 6.07) is 12.4. The Morgan fingerprint density at radius 2 is 1.78 bits per heavy atom. The Balaban J connectivity index is 1.92. The third-order valence-electron chi connectivity index (χ3n) is 3.83. The molecule has 0 radical (unpaired) electrons. The summed E-state index contributed by atoms with van der Waals surface area (Å²) < 4.78 is 5.52. The predicted molar refractivity (Wildman–Crippen MR) is 97.6 cm³/mol. The first-order valence-electron chi connectivity index (χ1n) is 8.70. The van der Waals surface area contributed by atoms with E-state index in [0.29, 0.717) is 0 Å². The monoisotopic (exact) mass is 309 g/mol. The molecular weight excluding hydrogens is 282 g/mol. The van der Waals surface area contributed by atoms with Crippen molar-refractivity contribution in [3.63, 3.8) is 0 Å². The van der Waals surface area contributed by atoms with Crippen LogP contribution >= 0.6 is 0 Å². The Hall–Kier alpha value is -2.09. The SMILES string of the molecule is CCC=COc1ccc(-c2ccc(CCCCCC)cn2)cc1. The fraction of sp³-hybridized carbons (Fsp3) is 0.381. The fourth-order valence-corrected chi connectivity index (χ4v) is 2.43. The summed E-state index contributed by atoms with van der Waals surface area (Å²) in [7, 11) is 0. The Labute approximate surface area is 140 Å². The number of benzene rings is 1. The van der Waals surface area contributed by atoms with Gasteiger partial charge in [0.25, 0.3) is 0 Å². The van der Waals surface area contributed by atoms with Gasteiger partial charge in [0.1, 0.15) is 5.75 Å². The molecule has 2 heteroatoms. The molecule has 1 aromatic carbocycles. The van der Waals surface area contributed by atoms with E-state index in [1.807, 2.05) is 24.4 Å². The molecule has 0 aliphatic carbocycles. The van der Waals surface area contributed by atoms with Gasteiger partial charge in [0.2, 0.25) is 0 Å². The van der Waals surface area contributed by atoms with Gasteiger partial charge in [-0.2, -0.15) is 0 Å². The average molecular weight is 309 g/mol. The predicted octanol–water partition coefficient (Wildman–Crippen LogP) is 6.17. The molecule has 0 fully saturated rings. The van der Waals surface area contributed by atoms with Crippen molar-refractivity contribution in [3.8, 4) is 17.0 Å². The van der Waals surface area contributed by atoms with Gasteiger partial charge in [-0.15, -0.1) is 0 Å². The highest BCUT2D eigenvalue weighted by atomic mass is 16.5. The van der Waals surface area contributed by atoms with Gasteiger partial charge < -0.3 is 4.74 Å². The van der Waals surface area contributed by atoms with Gasteiger partial charge in [-0.25, -0.2) is 0 Å². The van der Waals surface area contributed by atoms with Crippen molar-refractivity contribution < 1.29 is 4.74 Å². The van der Waals surface area contributed by atoms with Gasteiger partial charge in [0.15, 0.2) is 0 Å². The smallest absolute Gasteiger partial charge is 0.126 e. The quantitative estimate of drug-likeness (QED) is 0.408. The molecule has 1 aromatic heterocycles. The molecule has 2 nitrogen and oxygen atoms in total. The second-order valence-electron chi connectivity index (χ2n) is 5.78. The Kier molecular flexibility index (Phi) is 7.38. The number of unbranched alkanes of at least 4 members (excludes halogenated alkanes) is 3. The van der Waals surface area contributed by atoms with E-state index in [4.69, 9.17) is 4.74 Å². The van der Waals surface area contributed by atoms with Crippen LogP contribution in [0.3, 0.4) is 0 Å². The van der Waals surface area contributed by atoms with Gasteiger partial charge in [0.05, 0.1) is 12.0 Å². The van der Waals surface area contributed by atoms with E-state index in [1.54, 1.807) is 6.26 Å². The molecule has 23 heavy (non-hydrogen) atoms. The number of pyridine rings is 1. The molecule has 122 valence electrons. The lowest BCUT2D eigenvalue weighted by Crippen LogP contribution is -1.90. The van der Waals surface area contributed by atoms with Crippen LogP contribution in [0.2, 0.25) is 0 Å². The minimum Gasteiger partial charge on any atom is -0.465 e. The number of aromatic nitrogens is 1. The van der Waals surface area contributed by atoms with Gasteiger partial charge in [0, 0.05) is 11.8 Å². The van der Waals surface area contributed by atoms with Crippen molar-refractivity contribution in [2.75, 3.05) is 0 Å². The molecule has 2 rings (SSSR count). The van der Waals surface area contributed by atoms with Crippen molar-refractivity contribution in [1.82, 2.24) is 4.98 Å². The molecular formula is C21H27NO. The fourth-order valence-electron chi connectivity index (χ4n) is 2.43. The summed E-state index contributed by atoms with van der Waals surface area (Å²) in [5.74, 6) is 0.853. The number of nitrogens with zero attached hydrogens (tertiary/aromatic N) is 1. The third-order valence-corrected chi connectivity index (χ3v) is 3.83. The maximum atomic E-state index is 5.52. The van der Waals surface area contributed by atoms with Gasteiger partial charge in [-0.3, -0.25) is 4.98 Å². The largest absolute Gasteiger partial charge is 0.465 e. The summed E-state index contributed by atoms with van der Waals surface area (Å²) in [4.78, 5) is 4.60. The number of aryl methyl sites for hydroxylation is 1. The second kappa shape index (κ2) is 9.83. The van der Waals surface area contributed by atoms with Crippen LogP contribution in [0.4, 0.5) is 0 Å². The summed E-state index contributed by atoms with van der Waals surface area (Å²) in [5.41, 5.74) is 3.46. The second-order valence-corrected chi connectivity index (χ2v) is 5.78. The summed E-state index contributed by atoms with van der Waals surface area (Å²) in [6.45, 7) is 4.33. The molecule has 0 amide bonds. The van der Waals surface area contributed by atoms with Crippen LogP contribution in [-0.2, 0) is 6.42 Å². The number of hydrogen-bond donors (Lipinski definition) is 0. The molecule has 0 aliphatic rings. The average Bonchev–Trinajstić information content (AvgIpc) is 2.60. The third kappa shape index (κ3) is 5.90. The van der Waals surface area contributed by atoms with Crippen LogP contribution < -0.4 is 4.74 Å². The lowest BCUT2D eigenvalue weighted by atomic mass is 10.1. The van der Waals surface area contributed by atoms with Crippen LogP contribution in [0.15, 0.2) is 54.9 Å². The van der Waals surface area contributed by atoms with Gasteiger partial charge in [-0.05, 0) is 61.2 Å². The van der Waals surface area contributed by atoms with Gasteiger partial charge in [-0.1, -0.05) is 39.2 Å². The number of ether oxygens (including phenoxy) is 1. The first kappa shape index (κ1) is 17.3. The Bertz CT molecular complexity index is 584. The normalized spacial score (nSPS) is 11.0. The van der Waals surface area contributed by atoms with E-state index in [-0.39, 0.29) is 0 Å². The topological polar surface area (TPSA) is 22.1 Å². The molecule has 0 aliphatic heterocycles. The van der Waals surface area contributed by atoms with E-state index in [9.17, 15) is 0 Å². The zero-order valence-electron chi connectivity index (χ0n) is 14.3. The molecule has 1 heterocycles. The van der Waals surface area contributed by atoms with Crippen LogP contribution in [0.25, 0.3) is 11.3 Å². The number of rotatable bonds is 9. The molecule has 0 atom stereocenters. The molecule has 0 spiro atoms. The molecule has 0 bridgehead atoms. The highest BCUT2D eigenvalue weighted by molar-refractivity contribution is 5.60. The van der Waals surface area contributed by atoms with Crippen molar-refractivity contribution in [2.45, 2.75) is 52.4 Å². The van der Waals surface area contributed by atoms with Crippen molar-refractivity contribution in [3.05, 3.63) is 60.5 Å². The Morgan fingerprint density at radius 3 is 2.43 bits per heavy atom. The van der Waals surface area contributed by atoms with Crippen molar-refractivity contribution in [1.29, 1.82) is 0 Å². The summed E-state index contributed by atoms with van der Waals surface area (Å²) in [6.07, 6.45) is 13.0. The summed E-state index contributed by atoms with van der Waals surface area (Å²) in [5, 5.41) is 0. The molecule has 2 aromatic rings. The van der Waals surface area contributed by atoms with E-state index in [0.717, 1.165) is 29.8 Å². The van der Waals surface area contributed by atoms with E-state index in [1.165, 1.54) is 31.2 Å². The van der Waals surface area contributed by atoms with E-state index >= 15 is 0 Å². The van der Waals surface area contributed by atoms with Gasteiger partial charge >= 0.3 is 0 Å². The highest BCUT2D eigenvalue weighted by Gasteiger charge is 2.01. The van der Waals surface area contributed by atoms with Crippen LogP contribution in [0.5, 0.6) is 5.75 Å². The maximum Gasteiger partial charge on any atom is 0.126 e. The maximum absolute atomic E-state index is 5.52. The highest BCUT2D eigenvalue weighted by Crippen LogP contribution is 2.21. The lowest BCUT2D eigenvalue weighted by Gasteiger charge is -2.05. The minimum absolute atomic E-state index is 0.853. The van der Waals surface area contributed by atoms with Crippen LogP contribution in [0, 0.1) is 0 Å².